The Morgan fingerprint density at radius 2 is 1.61 bits per heavy atom. The number of aliphatic hydroxyl groups is 1. The lowest BCUT2D eigenvalue weighted by molar-refractivity contribution is 0.0482. The van der Waals surface area contributed by atoms with Gasteiger partial charge in [0.15, 0.2) is 0 Å². The summed E-state index contributed by atoms with van der Waals surface area (Å²) < 4.78 is 17.0. The summed E-state index contributed by atoms with van der Waals surface area (Å²) in [7, 11) is 5.44. The fraction of sp³-hybridized carbons (Fsp3) is 0.654. The van der Waals surface area contributed by atoms with Crippen LogP contribution in [0.15, 0.2) is 47.0 Å². The van der Waals surface area contributed by atoms with Gasteiger partial charge in [0.1, 0.15) is 5.60 Å². The molecule has 4 bridgehead atoms. The van der Waals surface area contributed by atoms with Gasteiger partial charge in [0.2, 0.25) is 0 Å². The summed E-state index contributed by atoms with van der Waals surface area (Å²) in [6, 6.07) is -0.183. The van der Waals surface area contributed by atoms with E-state index in [2.05, 4.69) is 34.5 Å². The van der Waals surface area contributed by atoms with E-state index >= 15 is 0 Å². The molecule has 7 heteroatoms. The predicted octanol–water partition coefficient (Wildman–Crippen LogP) is 3.92. The van der Waals surface area contributed by atoms with Gasteiger partial charge < -0.3 is 24.6 Å². The lowest BCUT2D eigenvalue weighted by atomic mass is 9.78. The molecular formula is C26H40N2O5. The third kappa shape index (κ3) is 6.64. The Hall–Kier alpha value is -2.25. The Labute approximate surface area is 198 Å². The Morgan fingerprint density at radius 3 is 2.09 bits per heavy atom. The fourth-order valence-electron chi connectivity index (χ4n) is 4.96. The molecule has 1 aliphatic heterocycles. The van der Waals surface area contributed by atoms with E-state index < -0.39 is 11.7 Å². The molecule has 0 radical (unpaired) electrons. The molecule has 33 heavy (non-hydrogen) atoms. The molecule has 4 atom stereocenters. The van der Waals surface area contributed by atoms with Gasteiger partial charge in [0, 0.05) is 30.5 Å². The van der Waals surface area contributed by atoms with Crippen LogP contribution in [0.3, 0.4) is 0 Å². The highest BCUT2D eigenvalue weighted by molar-refractivity contribution is 5.68. The third-order valence-electron chi connectivity index (χ3n) is 6.55. The molecule has 2 N–H and O–H groups in total. The van der Waals surface area contributed by atoms with Gasteiger partial charge in [-0.2, -0.15) is 0 Å². The SMILES string of the molecule is COC1=CCC2=C[C@@H]1[C@H]1C=C(CC=C1OC)C[C@@H](CO)N(C)C[C@@H](NC(=O)OC(C)(C)C)C2. The van der Waals surface area contributed by atoms with E-state index in [-0.39, 0.29) is 30.5 Å². The highest BCUT2D eigenvalue weighted by atomic mass is 16.6. The molecule has 0 aromatic carbocycles. The van der Waals surface area contributed by atoms with E-state index in [1.807, 2.05) is 27.8 Å². The molecule has 0 saturated carbocycles. The van der Waals surface area contributed by atoms with Crippen LogP contribution in [0.25, 0.3) is 0 Å². The minimum atomic E-state index is -0.562. The minimum Gasteiger partial charge on any atom is -0.501 e. The van der Waals surface area contributed by atoms with Crippen molar-refractivity contribution in [3.05, 3.63) is 47.0 Å². The van der Waals surface area contributed by atoms with Gasteiger partial charge in [-0.1, -0.05) is 23.3 Å². The van der Waals surface area contributed by atoms with Crippen LogP contribution in [-0.2, 0) is 14.2 Å². The van der Waals surface area contributed by atoms with E-state index in [1.54, 1.807) is 14.2 Å². The van der Waals surface area contributed by atoms with Crippen molar-refractivity contribution in [1.29, 1.82) is 0 Å². The molecule has 0 aromatic rings. The summed E-state index contributed by atoms with van der Waals surface area (Å²) >= 11 is 0. The summed E-state index contributed by atoms with van der Waals surface area (Å²) in [5.74, 6) is 1.96. The topological polar surface area (TPSA) is 80.3 Å². The second kappa shape index (κ2) is 10.8. The average molecular weight is 461 g/mol. The van der Waals surface area contributed by atoms with Gasteiger partial charge in [0.05, 0.1) is 32.3 Å². The summed E-state index contributed by atoms with van der Waals surface area (Å²) in [5, 5.41) is 13.2. The first-order valence-electron chi connectivity index (χ1n) is 11.8. The lowest BCUT2D eigenvalue weighted by Crippen LogP contribution is -2.48. The maximum absolute atomic E-state index is 12.6. The summed E-state index contributed by atoms with van der Waals surface area (Å²) in [6.45, 7) is 6.25. The molecule has 3 aliphatic rings. The quantitative estimate of drug-likeness (QED) is 0.619. The molecule has 1 amide bonds. The number of ether oxygens (including phenoxy) is 3. The number of rotatable bonds is 4. The Bertz CT molecular complexity index is 836. The van der Waals surface area contributed by atoms with Gasteiger partial charge in [-0.15, -0.1) is 0 Å². The normalized spacial score (nSPS) is 28.7. The second-order valence-electron chi connectivity index (χ2n) is 10.3. The molecule has 184 valence electrons. The van der Waals surface area contributed by atoms with Crippen LogP contribution in [0.4, 0.5) is 4.79 Å². The number of methoxy groups -OCH3 is 2. The van der Waals surface area contributed by atoms with Crippen molar-refractivity contribution in [3.8, 4) is 0 Å². The van der Waals surface area contributed by atoms with Crippen molar-refractivity contribution in [2.75, 3.05) is 34.4 Å². The zero-order chi connectivity index (χ0) is 24.2. The Kier molecular flexibility index (Phi) is 8.29. The summed E-state index contributed by atoms with van der Waals surface area (Å²) in [6.07, 6.45) is 11.5. The molecular weight excluding hydrogens is 420 g/mol. The van der Waals surface area contributed by atoms with E-state index in [0.29, 0.717) is 13.0 Å². The van der Waals surface area contributed by atoms with Gasteiger partial charge in [0.25, 0.3) is 0 Å². The van der Waals surface area contributed by atoms with Crippen LogP contribution in [-0.4, -0.2) is 68.2 Å². The van der Waals surface area contributed by atoms with Crippen LogP contribution in [0.1, 0.15) is 46.5 Å². The average Bonchev–Trinajstić information content (AvgIpc) is 2.75. The Morgan fingerprint density at radius 1 is 1.06 bits per heavy atom. The molecule has 2 aliphatic carbocycles. The van der Waals surface area contributed by atoms with Crippen LogP contribution in [0.5, 0.6) is 0 Å². The summed E-state index contributed by atoms with van der Waals surface area (Å²) in [5.41, 5.74) is 1.96. The monoisotopic (exact) mass is 460 g/mol. The van der Waals surface area contributed by atoms with Crippen molar-refractivity contribution < 1.29 is 24.1 Å². The zero-order valence-electron chi connectivity index (χ0n) is 20.9. The number of amides is 1. The molecule has 7 nitrogen and oxygen atoms in total. The molecule has 0 saturated heterocycles. The number of hydrogen-bond donors (Lipinski definition) is 2. The zero-order valence-corrected chi connectivity index (χ0v) is 20.9. The maximum atomic E-state index is 12.6. The first kappa shape index (κ1) is 25.4. The lowest BCUT2D eigenvalue weighted by Gasteiger charge is -2.36. The number of allylic oxidation sites excluding steroid dienone is 4. The van der Waals surface area contributed by atoms with Crippen molar-refractivity contribution in [2.24, 2.45) is 11.8 Å². The first-order valence-corrected chi connectivity index (χ1v) is 11.8. The van der Waals surface area contributed by atoms with E-state index in [4.69, 9.17) is 14.2 Å². The number of hydrogen-bond acceptors (Lipinski definition) is 6. The van der Waals surface area contributed by atoms with E-state index in [9.17, 15) is 9.90 Å². The van der Waals surface area contributed by atoms with Crippen molar-refractivity contribution >= 4 is 6.09 Å². The first-order chi connectivity index (χ1) is 15.6. The minimum absolute atomic E-state index is 0.0344. The van der Waals surface area contributed by atoms with Crippen LogP contribution < -0.4 is 5.32 Å². The van der Waals surface area contributed by atoms with Crippen LogP contribution in [0.2, 0.25) is 0 Å². The number of likely N-dealkylation sites (N-methyl/N-ethyl adjacent to an activating group) is 1. The number of aliphatic hydroxyl groups excluding tert-OH is 1. The number of fused-ring (bicyclic) bond motifs is 3. The van der Waals surface area contributed by atoms with Gasteiger partial charge in [-0.25, -0.2) is 4.79 Å². The maximum Gasteiger partial charge on any atom is 0.407 e. The van der Waals surface area contributed by atoms with Crippen molar-refractivity contribution in [3.63, 3.8) is 0 Å². The number of nitrogens with one attached hydrogen (secondary N) is 1. The summed E-state index contributed by atoms with van der Waals surface area (Å²) in [4.78, 5) is 14.7. The largest absolute Gasteiger partial charge is 0.501 e. The smallest absolute Gasteiger partial charge is 0.407 e. The number of nitrogens with zero attached hydrogens (tertiary/aromatic N) is 1. The van der Waals surface area contributed by atoms with Crippen molar-refractivity contribution in [1.82, 2.24) is 10.2 Å². The van der Waals surface area contributed by atoms with Crippen molar-refractivity contribution in [2.45, 2.75) is 64.1 Å². The van der Waals surface area contributed by atoms with Gasteiger partial charge in [-0.05, 0) is 65.7 Å². The molecule has 3 rings (SSSR count). The molecule has 1 heterocycles. The fourth-order valence-corrected chi connectivity index (χ4v) is 4.96. The predicted molar refractivity (Wildman–Crippen MR) is 128 cm³/mol. The van der Waals surface area contributed by atoms with E-state index in [0.717, 1.165) is 30.8 Å². The number of carbonyl (C=O) groups is 1. The van der Waals surface area contributed by atoms with Gasteiger partial charge in [-0.3, -0.25) is 4.90 Å². The standard InChI is InChI=1S/C26H40N2O5/c1-26(2,3)33-25(30)27-19-11-17-7-9-23(31-5)21(13-17)22-14-18(8-10-24(22)32-6)12-20(16-29)28(4)15-19/h9-10,13-14,19-22,29H,7-8,11-12,15-16H2,1-6H3,(H,27,30)/t19-,20-,21+,22+/m0/s1. The Balaban J connectivity index is 1.95. The second-order valence-corrected chi connectivity index (χ2v) is 10.3. The highest BCUT2D eigenvalue weighted by Gasteiger charge is 2.33. The molecule has 0 aromatic heterocycles. The van der Waals surface area contributed by atoms with E-state index in [1.165, 1.54) is 11.1 Å². The third-order valence-corrected chi connectivity index (χ3v) is 6.55. The van der Waals surface area contributed by atoms with Gasteiger partial charge >= 0.3 is 6.09 Å². The van der Waals surface area contributed by atoms with Crippen LogP contribution in [0, 0.1) is 11.8 Å². The van der Waals surface area contributed by atoms with Crippen LogP contribution >= 0.6 is 0 Å². The highest BCUT2D eigenvalue weighted by Crippen LogP contribution is 2.40. The number of carbonyl (C=O) groups excluding carboxylic acids is 1. The number of alkyl carbamates (subject to hydrolysis) is 1. The molecule has 0 spiro atoms. The molecule has 0 unspecified atom stereocenters. The molecule has 0 fully saturated rings.